The van der Waals surface area contributed by atoms with E-state index in [0.29, 0.717) is 11.1 Å². The fourth-order valence-electron chi connectivity index (χ4n) is 1.15. The molecular formula is C11H26OSi. The second-order valence-electron chi connectivity index (χ2n) is 5.48. The second-order valence-corrected chi connectivity index (χ2v) is 10.2. The highest BCUT2D eigenvalue weighted by Crippen LogP contribution is 2.37. The molecular weight excluding hydrogens is 176 g/mol. The van der Waals surface area contributed by atoms with Gasteiger partial charge in [-0.3, -0.25) is 0 Å². The van der Waals surface area contributed by atoms with E-state index in [1.165, 1.54) is 12.8 Å². The van der Waals surface area contributed by atoms with Crippen molar-refractivity contribution < 1.29 is 4.43 Å². The lowest BCUT2D eigenvalue weighted by Gasteiger charge is -2.38. The Hall–Kier alpha value is 0.177. The van der Waals surface area contributed by atoms with Crippen molar-refractivity contribution in [1.29, 1.82) is 0 Å². The second kappa shape index (κ2) is 4.60. The van der Waals surface area contributed by atoms with E-state index in [9.17, 15) is 0 Å². The topological polar surface area (TPSA) is 9.23 Å². The molecule has 0 aromatic rings. The molecule has 0 heterocycles. The van der Waals surface area contributed by atoms with Gasteiger partial charge in [0, 0.05) is 6.10 Å². The van der Waals surface area contributed by atoms with Gasteiger partial charge in [0.25, 0.3) is 0 Å². The zero-order valence-corrected chi connectivity index (χ0v) is 11.4. The summed E-state index contributed by atoms with van der Waals surface area (Å²) in [4.78, 5) is 0. The molecule has 0 saturated carbocycles. The Morgan fingerprint density at radius 3 is 2.00 bits per heavy atom. The van der Waals surface area contributed by atoms with Crippen LogP contribution in [-0.2, 0) is 4.43 Å². The van der Waals surface area contributed by atoms with Crippen molar-refractivity contribution in [3.63, 3.8) is 0 Å². The fraction of sp³-hybridized carbons (Fsp3) is 1.00. The molecule has 0 aliphatic heterocycles. The highest BCUT2D eigenvalue weighted by Gasteiger charge is 2.38. The summed E-state index contributed by atoms with van der Waals surface area (Å²) in [5.41, 5.74) is 0. The molecule has 0 rings (SSSR count). The molecule has 0 aromatic carbocycles. The largest absolute Gasteiger partial charge is 0.414 e. The van der Waals surface area contributed by atoms with E-state index in [4.69, 9.17) is 4.43 Å². The van der Waals surface area contributed by atoms with Crippen LogP contribution in [0.1, 0.15) is 47.5 Å². The maximum Gasteiger partial charge on any atom is 0.192 e. The summed E-state index contributed by atoms with van der Waals surface area (Å²) in [6, 6.07) is 0. The molecule has 13 heavy (non-hydrogen) atoms. The Morgan fingerprint density at radius 2 is 1.69 bits per heavy atom. The van der Waals surface area contributed by atoms with Crippen molar-refractivity contribution in [3.05, 3.63) is 0 Å². The van der Waals surface area contributed by atoms with Crippen LogP contribution in [0.3, 0.4) is 0 Å². The molecule has 0 bridgehead atoms. The molecule has 1 atom stereocenters. The third-order valence-electron chi connectivity index (χ3n) is 3.00. The Kier molecular flexibility index (Phi) is 4.67. The smallest absolute Gasteiger partial charge is 0.192 e. The van der Waals surface area contributed by atoms with Crippen molar-refractivity contribution in [3.8, 4) is 0 Å². The first-order valence-corrected chi connectivity index (χ1v) is 8.29. The number of rotatable bonds is 4. The number of hydrogen-bond acceptors (Lipinski definition) is 1. The third-order valence-corrected chi connectivity index (χ3v) is 7.60. The molecule has 0 radical (unpaired) electrons. The molecule has 1 nitrogen and oxygen atoms in total. The minimum Gasteiger partial charge on any atom is -0.414 e. The molecule has 0 saturated heterocycles. The summed E-state index contributed by atoms with van der Waals surface area (Å²) in [6.45, 7) is 15.9. The Balaban J connectivity index is 4.17. The van der Waals surface area contributed by atoms with Gasteiger partial charge in [-0.25, -0.2) is 0 Å². The van der Waals surface area contributed by atoms with Crippen molar-refractivity contribution >= 4 is 8.32 Å². The van der Waals surface area contributed by atoms with Crippen molar-refractivity contribution in [2.75, 3.05) is 0 Å². The van der Waals surface area contributed by atoms with Gasteiger partial charge in [-0.05, 0) is 31.5 Å². The molecule has 0 N–H and O–H groups in total. The van der Waals surface area contributed by atoms with E-state index in [1.807, 2.05) is 0 Å². The first kappa shape index (κ1) is 13.2. The van der Waals surface area contributed by atoms with Crippen LogP contribution < -0.4 is 0 Å². The molecule has 0 aliphatic carbocycles. The minimum absolute atomic E-state index is 0.342. The van der Waals surface area contributed by atoms with E-state index >= 15 is 0 Å². The molecule has 0 aliphatic rings. The molecule has 0 spiro atoms. The monoisotopic (exact) mass is 202 g/mol. The SMILES string of the molecule is CCCC(C)O[Si](C)(C)C(C)(C)C. The predicted octanol–water partition coefficient (Wildman–Crippen LogP) is 4.20. The van der Waals surface area contributed by atoms with Crippen LogP contribution in [0.4, 0.5) is 0 Å². The van der Waals surface area contributed by atoms with E-state index < -0.39 is 8.32 Å². The third kappa shape index (κ3) is 4.27. The maximum atomic E-state index is 6.18. The molecule has 0 fully saturated rings. The Morgan fingerprint density at radius 1 is 1.23 bits per heavy atom. The Labute approximate surface area is 85.0 Å². The summed E-state index contributed by atoms with van der Waals surface area (Å²) in [7, 11) is -1.51. The number of hydrogen-bond donors (Lipinski definition) is 0. The first-order chi connectivity index (χ1) is 5.70. The zero-order chi connectivity index (χ0) is 10.7. The summed E-state index contributed by atoms with van der Waals surface area (Å²) < 4.78 is 6.18. The van der Waals surface area contributed by atoms with Gasteiger partial charge in [0.1, 0.15) is 0 Å². The summed E-state index contributed by atoms with van der Waals surface area (Å²) in [5.74, 6) is 0. The van der Waals surface area contributed by atoms with Crippen LogP contribution in [0.5, 0.6) is 0 Å². The molecule has 0 amide bonds. The maximum absolute atomic E-state index is 6.18. The Bertz CT molecular complexity index is 147. The standard InChI is InChI=1S/C11H26OSi/c1-8-9-10(2)12-13(6,7)11(3,4)5/h10H,8-9H2,1-7H3. The van der Waals surface area contributed by atoms with Crippen LogP contribution in [0.2, 0.25) is 18.1 Å². The predicted molar refractivity (Wildman–Crippen MR) is 62.7 cm³/mol. The van der Waals surface area contributed by atoms with Crippen LogP contribution in [-0.4, -0.2) is 14.4 Å². The van der Waals surface area contributed by atoms with Gasteiger partial charge in [-0.2, -0.15) is 0 Å². The van der Waals surface area contributed by atoms with Gasteiger partial charge in [0.05, 0.1) is 0 Å². The van der Waals surface area contributed by atoms with Gasteiger partial charge in [-0.1, -0.05) is 34.1 Å². The van der Waals surface area contributed by atoms with Gasteiger partial charge >= 0.3 is 0 Å². The average Bonchev–Trinajstić information content (AvgIpc) is 1.83. The van der Waals surface area contributed by atoms with Crippen LogP contribution in [0.25, 0.3) is 0 Å². The van der Waals surface area contributed by atoms with Crippen molar-refractivity contribution in [1.82, 2.24) is 0 Å². The van der Waals surface area contributed by atoms with Crippen molar-refractivity contribution in [2.24, 2.45) is 0 Å². The highest BCUT2D eigenvalue weighted by molar-refractivity contribution is 6.74. The van der Waals surface area contributed by atoms with Crippen molar-refractivity contribution in [2.45, 2.75) is 71.7 Å². The summed E-state index contributed by atoms with van der Waals surface area (Å²) in [6.07, 6.45) is 2.84. The van der Waals surface area contributed by atoms with Gasteiger partial charge in [0.15, 0.2) is 8.32 Å². The normalized spacial score (nSPS) is 15.9. The lowest BCUT2D eigenvalue weighted by atomic mass is 10.2. The molecule has 1 unspecified atom stereocenters. The zero-order valence-electron chi connectivity index (χ0n) is 10.4. The van der Waals surface area contributed by atoms with Gasteiger partial charge < -0.3 is 4.43 Å². The quantitative estimate of drug-likeness (QED) is 0.621. The highest BCUT2D eigenvalue weighted by atomic mass is 28.4. The summed E-state index contributed by atoms with van der Waals surface area (Å²) >= 11 is 0. The van der Waals surface area contributed by atoms with Crippen LogP contribution >= 0.6 is 0 Å². The molecule has 2 heteroatoms. The first-order valence-electron chi connectivity index (χ1n) is 5.38. The van der Waals surface area contributed by atoms with E-state index in [1.54, 1.807) is 0 Å². The fourth-order valence-corrected chi connectivity index (χ4v) is 2.62. The van der Waals surface area contributed by atoms with Crippen LogP contribution in [0.15, 0.2) is 0 Å². The lowest BCUT2D eigenvalue weighted by Crippen LogP contribution is -2.43. The average molecular weight is 202 g/mol. The van der Waals surface area contributed by atoms with E-state index in [2.05, 4.69) is 47.7 Å². The molecule has 0 aromatic heterocycles. The molecule has 80 valence electrons. The van der Waals surface area contributed by atoms with Gasteiger partial charge in [-0.15, -0.1) is 0 Å². The van der Waals surface area contributed by atoms with Crippen LogP contribution in [0, 0.1) is 0 Å². The van der Waals surface area contributed by atoms with E-state index in [0.717, 1.165) is 0 Å². The minimum atomic E-state index is -1.51. The van der Waals surface area contributed by atoms with E-state index in [-0.39, 0.29) is 0 Å². The summed E-state index contributed by atoms with van der Waals surface area (Å²) in [5, 5.41) is 0.342. The van der Waals surface area contributed by atoms with Gasteiger partial charge in [0.2, 0.25) is 0 Å². The lowest BCUT2D eigenvalue weighted by molar-refractivity contribution is 0.188.